The average molecular weight is 510 g/mol. The largest absolute Gasteiger partial charge is 0.352 e. The van der Waals surface area contributed by atoms with E-state index in [-0.39, 0.29) is 17.7 Å². The molecule has 0 aliphatic carbocycles. The van der Waals surface area contributed by atoms with E-state index in [1.165, 1.54) is 0 Å². The molecule has 1 fully saturated rings. The first kappa shape index (κ1) is 25.2. The lowest BCUT2D eigenvalue weighted by molar-refractivity contribution is -0.121. The van der Waals surface area contributed by atoms with Gasteiger partial charge in [0.1, 0.15) is 0 Å². The summed E-state index contributed by atoms with van der Waals surface area (Å²) in [6.45, 7) is 2.81. The Hall–Kier alpha value is -2.86. The lowest BCUT2D eigenvalue weighted by atomic mass is 9.96. The fourth-order valence-electron chi connectivity index (χ4n) is 4.39. The predicted molar refractivity (Wildman–Crippen MR) is 142 cm³/mol. The third-order valence-corrected chi connectivity index (χ3v) is 6.98. The second-order valence-corrected chi connectivity index (χ2v) is 9.66. The van der Waals surface area contributed by atoms with E-state index < -0.39 is 0 Å². The number of carbonyl (C=O) groups is 2. The molecule has 7 heteroatoms. The molecule has 1 aliphatic heterocycles. The van der Waals surface area contributed by atoms with Gasteiger partial charge in [-0.2, -0.15) is 0 Å². The molecular weight excluding hydrogens is 481 g/mol. The van der Waals surface area contributed by atoms with Gasteiger partial charge in [-0.15, -0.1) is 0 Å². The van der Waals surface area contributed by atoms with Crippen LogP contribution in [0.15, 0.2) is 72.8 Å². The lowest BCUT2D eigenvalue weighted by Gasteiger charge is -2.32. The summed E-state index contributed by atoms with van der Waals surface area (Å²) in [5.41, 5.74) is 3.24. The minimum atomic E-state index is -0.193. The number of nitrogens with one attached hydrogen (secondary N) is 2. The number of rotatable bonds is 8. The highest BCUT2D eigenvalue weighted by atomic mass is 35.5. The van der Waals surface area contributed by atoms with Crippen molar-refractivity contribution in [3.05, 3.63) is 99.5 Å². The molecule has 0 bridgehead atoms. The van der Waals surface area contributed by atoms with Crippen LogP contribution in [0.4, 0.5) is 5.69 Å². The predicted octanol–water partition coefficient (Wildman–Crippen LogP) is 5.82. The molecule has 2 N–H and O–H groups in total. The van der Waals surface area contributed by atoms with Gasteiger partial charge in [-0.25, -0.2) is 0 Å². The van der Waals surface area contributed by atoms with Crippen LogP contribution in [0.25, 0.3) is 0 Å². The zero-order valence-electron chi connectivity index (χ0n) is 19.5. The number of carbonyl (C=O) groups excluding carboxylic acids is 2. The van der Waals surface area contributed by atoms with Crippen molar-refractivity contribution in [2.24, 2.45) is 5.92 Å². The Bertz CT molecular complexity index is 1170. The van der Waals surface area contributed by atoms with Gasteiger partial charge in [0.25, 0.3) is 5.91 Å². The van der Waals surface area contributed by atoms with E-state index in [1.54, 1.807) is 24.3 Å². The summed E-state index contributed by atoms with van der Waals surface area (Å²) in [6, 6.07) is 22.8. The average Bonchev–Trinajstić information content (AvgIpc) is 2.87. The molecule has 0 spiro atoms. The van der Waals surface area contributed by atoms with Crippen molar-refractivity contribution < 1.29 is 9.59 Å². The summed E-state index contributed by atoms with van der Waals surface area (Å²) in [7, 11) is 0. The van der Waals surface area contributed by atoms with Crippen molar-refractivity contribution in [1.82, 2.24) is 10.2 Å². The first-order chi connectivity index (χ1) is 17.0. The third kappa shape index (κ3) is 7.07. The normalized spacial score (nSPS) is 16.0. The maximum Gasteiger partial charge on any atom is 0.253 e. The van der Waals surface area contributed by atoms with Crippen LogP contribution >= 0.6 is 23.2 Å². The van der Waals surface area contributed by atoms with Crippen LogP contribution in [0, 0.1) is 5.92 Å². The highest BCUT2D eigenvalue weighted by Gasteiger charge is 2.27. The number of nitrogens with zero attached hydrogens (tertiary/aromatic N) is 1. The Labute approximate surface area is 216 Å². The molecular formula is C28H29Cl2N3O2. The fourth-order valence-corrected chi connectivity index (χ4v) is 4.72. The lowest BCUT2D eigenvalue weighted by Crippen LogP contribution is -2.40. The number of piperidine rings is 1. The van der Waals surface area contributed by atoms with Crippen molar-refractivity contribution in [2.75, 3.05) is 25.0 Å². The molecule has 1 unspecified atom stereocenters. The van der Waals surface area contributed by atoms with E-state index in [2.05, 4.69) is 15.5 Å². The van der Waals surface area contributed by atoms with E-state index in [0.29, 0.717) is 40.9 Å². The Morgan fingerprint density at radius 2 is 1.69 bits per heavy atom. The second kappa shape index (κ2) is 12.2. The molecule has 1 atom stereocenters. The van der Waals surface area contributed by atoms with Gasteiger partial charge in [0.2, 0.25) is 5.91 Å². The highest BCUT2D eigenvalue weighted by Crippen LogP contribution is 2.26. The number of benzene rings is 3. The maximum atomic E-state index is 13.1. The second-order valence-electron chi connectivity index (χ2n) is 8.85. The van der Waals surface area contributed by atoms with Gasteiger partial charge in [-0.3, -0.25) is 14.5 Å². The summed E-state index contributed by atoms with van der Waals surface area (Å²) in [5, 5.41) is 7.04. The van der Waals surface area contributed by atoms with Crippen molar-refractivity contribution in [2.45, 2.75) is 25.8 Å². The minimum Gasteiger partial charge on any atom is -0.352 e. The van der Waals surface area contributed by atoms with Crippen molar-refractivity contribution in [1.29, 1.82) is 0 Å². The first-order valence-electron chi connectivity index (χ1n) is 11.9. The molecule has 1 aliphatic rings. The van der Waals surface area contributed by atoms with Crippen LogP contribution in [-0.4, -0.2) is 36.3 Å². The molecule has 1 saturated heterocycles. The number of hydrogen-bond acceptors (Lipinski definition) is 3. The van der Waals surface area contributed by atoms with E-state index >= 15 is 0 Å². The number of hydrogen-bond donors (Lipinski definition) is 2. The molecule has 2 amide bonds. The van der Waals surface area contributed by atoms with Crippen LogP contribution in [0.1, 0.15) is 34.3 Å². The monoisotopic (exact) mass is 509 g/mol. The standard InChI is InChI=1S/C28H29Cl2N3O2/c29-24-13-12-21(17-25(24)30)18-33-16-6-9-22(19-33)27(34)32-26-11-5-4-10-23(26)28(35)31-15-14-20-7-2-1-3-8-20/h1-5,7-8,10-13,17,22H,6,9,14-16,18-19H2,(H,31,35)(H,32,34). The Kier molecular flexibility index (Phi) is 8.80. The van der Waals surface area contributed by atoms with Crippen LogP contribution < -0.4 is 10.6 Å². The van der Waals surface area contributed by atoms with Gasteiger partial charge in [-0.05, 0) is 61.2 Å². The quantitative estimate of drug-likeness (QED) is 0.402. The summed E-state index contributed by atoms with van der Waals surface area (Å²) >= 11 is 12.2. The van der Waals surface area contributed by atoms with Crippen LogP contribution in [0.2, 0.25) is 10.0 Å². The SMILES string of the molecule is O=C(NCCc1ccccc1)c1ccccc1NC(=O)C1CCCN(Cc2ccc(Cl)c(Cl)c2)C1. The Balaban J connectivity index is 1.34. The van der Waals surface area contributed by atoms with Gasteiger partial charge >= 0.3 is 0 Å². The van der Waals surface area contributed by atoms with Gasteiger partial charge in [-0.1, -0.05) is 71.7 Å². The minimum absolute atomic E-state index is 0.0617. The van der Waals surface area contributed by atoms with Crippen molar-refractivity contribution >= 4 is 40.7 Å². The Morgan fingerprint density at radius 3 is 2.49 bits per heavy atom. The van der Waals surface area contributed by atoms with Gasteiger partial charge in [0.15, 0.2) is 0 Å². The van der Waals surface area contributed by atoms with Gasteiger partial charge < -0.3 is 10.6 Å². The van der Waals surface area contributed by atoms with Gasteiger partial charge in [0, 0.05) is 19.6 Å². The van der Waals surface area contributed by atoms with E-state index in [4.69, 9.17) is 23.2 Å². The summed E-state index contributed by atoms with van der Waals surface area (Å²) < 4.78 is 0. The van der Waals surface area contributed by atoms with Gasteiger partial charge in [0.05, 0.1) is 27.2 Å². The zero-order valence-corrected chi connectivity index (χ0v) is 21.0. The molecule has 5 nitrogen and oxygen atoms in total. The number of amides is 2. The zero-order chi connectivity index (χ0) is 24.6. The fraction of sp³-hybridized carbons (Fsp3) is 0.286. The van der Waals surface area contributed by atoms with Crippen LogP contribution in [0.3, 0.4) is 0 Å². The van der Waals surface area contributed by atoms with Crippen LogP contribution in [-0.2, 0) is 17.8 Å². The smallest absolute Gasteiger partial charge is 0.253 e. The molecule has 4 rings (SSSR count). The molecule has 35 heavy (non-hydrogen) atoms. The molecule has 0 aromatic heterocycles. The molecule has 0 radical (unpaired) electrons. The van der Waals surface area contributed by atoms with E-state index in [0.717, 1.165) is 36.9 Å². The molecule has 3 aromatic rings. The third-order valence-electron chi connectivity index (χ3n) is 6.24. The summed E-state index contributed by atoms with van der Waals surface area (Å²) in [6.07, 6.45) is 2.49. The molecule has 182 valence electrons. The van der Waals surface area contributed by atoms with Crippen LogP contribution in [0.5, 0.6) is 0 Å². The number of para-hydroxylation sites is 1. The van der Waals surface area contributed by atoms with Crippen molar-refractivity contribution in [3.8, 4) is 0 Å². The number of likely N-dealkylation sites (tertiary alicyclic amines) is 1. The topological polar surface area (TPSA) is 61.4 Å². The number of halogens is 2. The first-order valence-corrected chi connectivity index (χ1v) is 12.6. The van der Waals surface area contributed by atoms with E-state index in [1.807, 2.05) is 48.5 Å². The summed E-state index contributed by atoms with van der Waals surface area (Å²) in [5.74, 6) is -0.407. The molecule has 0 saturated carbocycles. The van der Waals surface area contributed by atoms with Crippen molar-refractivity contribution in [3.63, 3.8) is 0 Å². The Morgan fingerprint density at radius 1 is 0.914 bits per heavy atom. The number of anilines is 1. The van der Waals surface area contributed by atoms with E-state index in [9.17, 15) is 9.59 Å². The maximum absolute atomic E-state index is 13.1. The molecule has 1 heterocycles. The molecule has 3 aromatic carbocycles. The highest BCUT2D eigenvalue weighted by molar-refractivity contribution is 6.42. The summed E-state index contributed by atoms with van der Waals surface area (Å²) in [4.78, 5) is 28.2.